The fourth-order valence-corrected chi connectivity index (χ4v) is 3.13. The number of amides is 1. The van der Waals surface area contributed by atoms with E-state index >= 15 is 0 Å². The quantitative estimate of drug-likeness (QED) is 0.781. The molecule has 0 spiro atoms. The van der Waals surface area contributed by atoms with Crippen molar-refractivity contribution in [2.24, 2.45) is 0 Å². The van der Waals surface area contributed by atoms with Crippen LogP contribution in [0.25, 0.3) is 10.8 Å². The second kappa shape index (κ2) is 5.79. The summed E-state index contributed by atoms with van der Waals surface area (Å²) in [6.07, 6.45) is 0. The van der Waals surface area contributed by atoms with E-state index in [9.17, 15) is 4.79 Å². The Bertz CT molecular complexity index is 744. The van der Waals surface area contributed by atoms with Gasteiger partial charge in [-0.25, -0.2) is 0 Å². The Morgan fingerprint density at radius 2 is 2.14 bits per heavy atom. The van der Waals surface area contributed by atoms with Gasteiger partial charge in [-0.05, 0) is 22.9 Å². The van der Waals surface area contributed by atoms with E-state index in [4.69, 9.17) is 4.42 Å². The molecule has 7 heteroatoms. The third-order valence-electron chi connectivity index (χ3n) is 2.83. The van der Waals surface area contributed by atoms with E-state index in [1.807, 2.05) is 36.1 Å². The zero-order chi connectivity index (χ0) is 14.8. The molecule has 1 N–H and O–H groups in total. The highest BCUT2D eigenvalue weighted by Gasteiger charge is 2.17. The van der Waals surface area contributed by atoms with Crippen LogP contribution in [0, 0.1) is 0 Å². The van der Waals surface area contributed by atoms with Gasteiger partial charge in [0.15, 0.2) is 0 Å². The third-order valence-corrected chi connectivity index (χ3v) is 4.41. The minimum atomic E-state index is -0.139. The molecule has 0 aliphatic heterocycles. The highest BCUT2D eigenvalue weighted by atomic mass is 32.1. The van der Waals surface area contributed by atoms with Crippen molar-refractivity contribution in [3.05, 3.63) is 39.7 Å². The van der Waals surface area contributed by atoms with Gasteiger partial charge in [-0.3, -0.25) is 4.79 Å². The predicted molar refractivity (Wildman–Crippen MR) is 84.0 cm³/mol. The standard InChI is InChI=1S/C14H13N3O2S2/c1-8(2)13-16-17-14(19-13)11-10(4-6-21-11)15-12(18)9-3-5-20-7-9/h3-8H,1-2H3,(H,15,18). The van der Waals surface area contributed by atoms with E-state index in [-0.39, 0.29) is 11.8 Å². The lowest BCUT2D eigenvalue weighted by Crippen LogP contribution is -2.10. The molecule has 108 valence electrons. The first-order chi connectivity index (χ1) is 10.1. The van der Waals surface area contributed by atoms with Crippen molar-refractivity contribution in [2.45, 2.75) is 19.8 Å². The second-order valence-electron chi connectivity index (χ2n) is 4.73. The Morgan fingerprint density at radius 1 is 1.29 bits per heavy atom. The summed E-state index contributed by atoms with van der Waals surface area (Å²) in [6, 6.07) is 3.62. The maximum atomic E-state index is 12.1. The molecular formula is C14H13N3O2S2. The molecule has 0 aliphatic carbocycles. The molecule has 0 aromatic carbocycles. The molecule has 0 radical (unpaired) electrons. The zero-order valence-corrected chi connectivity index (χ0v) is 13.1. The van der Waals surface area contributed by atoms with Gasteiger partial charge in [0.25, 0.3) is 11.8 Å². The Kier molecular flexibility index (Phi) is 3.85. The van der Waals surface area contributed by atoms with Crippen molar-refractivity contribution in [3.63, 3.8) is 0 Å². The summed E-state index contributed by atoms with van der Waals surface area (Å²) in [5.74, 6) is 1.07. The molecule has 0 unspecified atom stereocenters. The SMILES string of the molecule is CC(C)c1nnc(-c2sccc2NC(=O)c2ccsc2)o1. The lowest BCUT2D eigenvalue weighted by Gasteiger charge is -2.03. The van der Waals surface area contributed by atoms with Gasteiger partial charge < -0.3 is 9.73 Å². The number of aromatic nitrogens is 2. The molecular weight excluding hydrogens is 306 g/mol. The molecule has 3 heterocycles. The van der Waals surface area contributed by atoms with Crippen LogP contribution >= 0.6 is 22.7 Å². The van der Waals surface area contributed by atoms with Crippen LogP contribution < -0.4 is 5.32 Å². The van der Waals surface area contributed by atoms with E-state index < -0.39 is 0 Å². The number of nitrogens with zero attached hydrogens (tertiary/aromatic N) is 2. The van der Waals surface area contributed by atoms with Crippen molar-refractivity contribution in [2.75, 3.05) is 5.32 Å². The third kappa shape index (κ3) is 2.88. The number of rotatable bonds is 4. The summed E-state index contributed by atoms with van der Waals surface area (Å²) >= 11 is 2.95. The number of thiophene rings is 2. The molecule has 0 fully saturated rings. The Morgan fingerprint density at radius 3 is 2.81 bits per heavy atom. The van der Waals surface area contributed by atoms with Crippen LogP contribution in [0.15, 0.2) is 32.7 Å². The van der Waals surface area contributed by atoms with Gasteiger partial charge in [0.2, 0.25) is 5.89 Å². The molecule has 0 bridgehead atoms. The first kappa shape index (κ1) is 14.0. The molecule has 0 saturated heterocycles. The van der Waals surface area contributed by atoms with Crippen molar-refractivity contribution in [1.82, 2.24) is 10.2 Å². The monoisotopic (exact) mass is 319 g/mol. The van der Waals surface area contributed by atoms with E-state index in [2.05, 4.69) is 15.5 Å². The fraction of sp³-hybridized carbons (Fsp3) is 0.214. The van der Waals surface area contributed by atoms with Crippen LogP contribution in [-0.2, 0) is 0 Å². The highest BCUT2D eigenvalue weighted by molar-refractivity contribution is 7.14. The molecule has 0 aliphatic rings. The Balaban J connectivity index is 1.85. The summed E-state index contributed by atoms with van der Waals surface area (Å²) in [5.41, 5.74) is 1.33. The number of carbonyl (C=O) groups excluding carboxylic acids is 1. The van der Waals surface area contributed by atoms with Gasteiger partial charge in [0.1, 0.15) is 4.88 Å². The second-order valence-corrected chi connectivity index (χ2v) is 6.43. The van der Waals surface area contributed by atoms with Gasteiger partial charge in [0, 0.05) is 11.3 Å². The topological polar surface area (TPSA) is 68.0 Å². The summed E-state index contributed by atoms with van der Waals surface area (Å²) in [7, 11) is 0. The number of nitrogens with one attached hydrogen (secondary N) is 1. The average molecular weight is 319 g/mol. The van der Waals surface area contributed by atoms with Crippen molar-refractivity contribution in [3.8, 4) is 10.8 Å². The van der Waals surface area contributed by atoms with E-state index in [0.717, 1.165) is 4.88 Å². The normalized spacial score (nSPS) is 11.0. The van der Waals surface area contributed by atoms with Gasteiger partial charge in [-0.15, -0.1) is 21.5 Å². The Labute approximate surface area is 129 Å². The molecule has 1 amide bonds. The van der Waals surface area contributed by atoms with Crippen LogP contribution in [0.1, 0.15) is 36.0 Å². The summed E-state index contributed by atoms with van der Waals surface area (Å²) in [6.45, 7) is 3.98. The molecule has 5 nitrogen and oxygen atoms in total. The smallest absolute Gasteiger partial charge is 0.259 e. The number of hydrogen-bond donors (Lipinski definition) is 1. The van der Waals surface area contributed by atoms with Crippen molar-refractivity contribution in [1.29, 1.82) is 0 Å². The van der Waals surface area contributed by atoms with Crippen LogP contribution in [0.3, 0.4) is 0 Å². The van der Waals surface area contributed by atoms with E-state index in [1.165, 1.54) is 22.7 Å². The lowest BCUT2D eigenvalue weighted by atomic mass is 10.2. The Hall–Kier alpha value is -1.99. The maximum absolute atomic E-state index is 12.1. The first-order valence-electron chi connectivity index (χ1n) is 6.40. The number of carbonyl (C=O) groups is 1. The largest absolute Gasteiger partial charge is 0.420 e. The number of hydrogen-bond acceptors (Lipinski definition) is 6. The fourth-order valence-electron chi connectivity index (χ4n) is 1.72. The minimum Gasteiger partial charge on any atom is -0.420 e. The summed E-state index contributed by atoms with van der Waals surface area (Å²) in [4.78, 5) is 12.9. The molecule has 3 aromatic heterocycles. The molecule has 0 atom stereocenters. The number of anilines is 1. The first-order valence-corrected chi connectivity index (χ1v) is 8.22. The van der Waals surface area contributed by atoms with Gasteiger partial charge >= 0.3 is 0 Å². The van der Waals surface area contributed by atoms with E-state index in [0.29, 0.717) is 23.0 Å². The molecule has 21 heavy (non-hydrogen) atoms. The molecule has 0 saturated carbocycles. The van der Waals surface area contributed by atoms with Crippen LogP contribution in [0.4, 0.5) is 5.69 Å². The summed E-state index contributed by atoms with van der Waals surface area (Å²) < 4.78 is 5.64. The average Bonchev–Trinajstić information content (AvgIpc) is 3.19. The van der Waals surface area contributed by atoms with Gasteiger partial charge in [-0.1, -0.05) is 13.8 Å². The van der Waals surface area contributed by atoms with Gasteiger partial charge in [0.05, 0.1) is 11.3 Å². The lowest BCUT2D eigenvalue weighted by molar-refractivity contribution is 0.102. The van der Waals surface area contributed by atoms with E-state index in [1.54, 1.807) is 6.07 Å². The summed E-state index contributed by atoms with van der Waals surface area (Å²) in [5, 5.41) is 16.5. The molecule has 3 aromatic rings. The van der Waals surface area contributed by atoms with Crippen LogP contribution in [0.2, 0.25) is 0 Å². The zero-order valence-electron chi connectivity index (χ0n) is 11.5. The highest BCUT2D eigenvalue weighted by Crippen LogP contribution is 2.33. The van der Waals surface area contributed by atoms with Crippen molar-refractivity contribution >= 4 is 34.3 Å². The van der Waals surface area contributed by atoms with Gasteiger partial charge in [-0.2, -0.15) is 11.3 Å². The van der Waals surface area contributed by atoms with Crippen LogP contribution in [0.5, 0.6) is 0 Å². The van der Waals surface area contributed by atoms with Crippen LogP contribution in [-0.4, -0.2) is 16.1 Å². The minimum absolute atomic E-state index is 0.139. The maximum Gasteiger partial charge on any atom is 0.259 e. The molecule has 3 rings (SSSR count). The predicted octanol–water partition coefficient (Wildman–Crippen LogP) is 4.24. The van der Waals surface area contributed by atoms with Crippen molar-refractivity contribution < 1.29 is 9.21 Å².